The van der Waals surface area contributed by atoms with Gasteiger partial charge in [-0.3, -0.25) is 4.68 Å². The van der Waals surface area contributed by atoms with Crippen LogP contribution in [0, 0.1) is 0 Å². The van der Waals surface area contributed by atoms with Crippen LogP contribution in [-0.4, -0.2) is 15.8 Å². The zero-order valence-corrected chi connectivity index (χ0v) is 5.62. The molecule has 0 radical (unpaired) electrons. The molecule has 0 aliphatic heterocycles. The van der Waals surface area contributed by atoms with Gasteiger partial charge in [-0.05, 0) is 13.0 Å². The molecular weight excluding hydrogens is 114 g/mol. The predicted molar refractivity (Wildman–Crippen MR) is 34.6 cm³/mol. The Labute approximate surface area is 54.5 Å². The Kier molecular flexibility index (Phi) is 1.85. The molecule has 0 spiro atoms. The van der Waals surface area contributed by atoms with Crippen molar-refractivity contribution in [2.75, 3.05) is 0 Å². The molecule has 0 saturated heterocycles. The fourth-order valence-electron chi connectivity index (χ4n) is 0.728. The standard InChI is InChI=1S/C6H11N3/c1-6(7)5-9-4-2-3-8-9/h2-4,6H,5,7H2,1H3/p+1/t6-/m1/s1. The summed E-state index contributed by atoms with van der Waals surface area (Å²) in [7, 11) is 0. The lowest BCUT2D eigenvalue weighted by atomic mass is 10.4. The van der Waals surface area contributed by atoms with E-state index in [2.05, 4.69) is 17.8 Å². The lowest BCUT2D eigenvalue weighted by molar-refractivity contribution is -0.417. The molecule has 9 heavy (non-hydrogen) atoms. The van der Waals surface area contributed by atoms with E-state index in [1.165, 1.54) is 0 Å². The first-order valence-corrected chi connectivity index (χ1v) is 3.09. The topological polar surface area (TPSA) is 45.5 Å². The smallest absolute Gasteiger partial charge is 0.101 e. The summed E-state index contributed by atoms with van der Waals surface area (Å²) >= 11 is 0. The Morgan fingerprint density at radius 1 is 1.78 bits per heavy atom. The predicted octanol–water partition coefficient (Wildman–Crippen LogP) is -0.487. The number of nitrogens with zero attached hydrogens (tertiary/aromatic N) is 2. The number of quaternary nitrogens is 1. The molecule has 0 aliphatic carbocycles. The van der Waals surface area contributed by atoms with Crippen molar-refractivity contribution in [3.8, 4) is 0 Å². The van der Waals surface area contributed by atoms with E-state index >= 15 is 0 Å². The van der Waals surface area contributed by atoms with Gasteiger partial charge in [0.15, 0.2) is 0 Å². The van der Waals surface area contributed by atoms with E-state index in [1.54, 1.807) is 6.20 Å². The number of hydrogen-bond donors (Lipinski definition) is 1. The molecule has 50 valence electrons. The fourth-order valence-corrected chi connectivity index (χ4v) is 0.728. The van der Waals surface area contributed by atoms with E-state index in [4.69, 9.17) is 0 Å². The van der Waals surface area contributed by atoms with Gasteiger partial charge in [0, 0.05) is 12.4 Å². The SMILES string of the molecule is C[C@@H]([NH3+])Cn1cccn1. The summed E-state index contributed by atoms with van der Waals surface area (Å²) in [5.41, 5.74) is 3.85. The van der Waals surface area contributed by atoms with Crippen LogP contribution < -0.4 is 5.73 Å². The highest BCUT2D eigenvalue weighted by molar-refractivity contribution is 4.77. The van der Waals surface area contributed by atoms with Crippen molar-refractivity contribution >= 4 is 0 Å². The third-order valence-corrected chi connectivity index (χ3v) is 1.06. The van der Waals surface area contributed by atoms with Crippen LogP contribution in [0.4, 0.5) is 0 Å². The highest BCUT2D eigenvalue weighted by atomic mass is 15.3. The van der Waals surface area contributed by atoms with Gasteiger partial charge in [-0.25, -0.2) is 0 Å². The van der Waals surface area contributed by atoms with Gasteiger partial charge in [0.05, 0.1) is 6.54 Å². The molecule has 1 atom stereocenters. The molecule has 1 aromatic heterocycles. The van der Waals surface area contributed by atoms with E-state index in [-0.39, 0.29) is 0 Å². The Morgan fingerprint density at radius 3 is 3.00 bits per heavy atom. The fraction of sp³-hybridized carbons (Fsp3) is 0.500. The zero-order chi connectivity index (χ0) is 6.69. The summed E-state index contributed by atoms with van der Waals surface area (Å²) in [4.78, 5) is 0. The Morgan fingerprint density at radius 2 is 2.56 bits per heavy atom. The molecule has 0 fully saturated rings. The van der Waals surface area contributed by atoms with E-state index in [1.807, 2.05) is 16.9 Å². The minimum absolute atomic E-state index is 0.435. The van der Waals surface area contributed by atoms with Gasteiger partial charge in [0.1, 0.15) is 6.04 Å². The third-order valence-electron chi connectivity index (χ3n) is 1.06. The van der Waals surface area contributed by atoms with Crippen molar-refractivity contribution < 1.29 is 5.73 Å². The van der Waals surface area contributed by atoms with Gasteiger partial charge in [0.2, 0.25) is 0 Å². The second-order valence-electron chi connectivity index (χ2n) is 2.33. The molecule has 3 heteroatoms. The molecule has 0 saturated carbocycles. The minimum atomic E-state index is 0.435. The van der Waals surface area contributed by atoms with Crippen LogP contribution in [0.15, 0.2) is 18.5 Å². The molecule has 1 heterocycles. The van der Waals surface area contributed by atoms with Crippen LogP contribution in [0.2, 0.25) is 0 Å². The van der Waals surface area contributed by atoms with Gasteiger partial charge in [-0.1, -0.05) is 0 Å². The van der Waals surface area contributed by atoms with Crippen molar-refractivity contribution in [3.05, 3.63) is 18.5 Å². The maximum absolute atomic E-state index is 4.03. The van der Waals surface area contributed by atoms with Gasteiger partial charge in [-0.15, -0.1) is 0 Å². The van der Waals surface area contributed by atoms with E-state index in [0.717, 1.165) is 6.54 Å². The highest BCUT2D eigenvalue weighted by Crippen LogP contribution is 1.84. The first kappa shape index (κ1) is 6.29. The van der Waals surface area contributed by atoms with Crippen LogP contribution in [0.5, 0.6) is 0 Å². The lowest BCUT2D eigenvalue weighted by Crippen LogP contribution is -2.60. The quantitative estimate of drug-likeness (QED) is 0.571. The number of rotatable bonds is 2. The number of aromatic nitrogens is 2. The van der Waals surface area contributed by atoms with Crippen LogP contribution in [-0.2, 0) is 6.54 Å². The Balaban J connectivity index is 2.48. The molecule has 3 nitrogen and oxygen atoms in total. The maximum Gasteiger partial charge on any atom is 0.101 e. The lowest BCUT2D eigenvalue weighted by Gasteiger charge is -1.99. The van der Waals surface area contributed by atoms with E-state index < -0.39 is 0 Å². The molecular formula is C6H12N3+. The van der Waals surface area contributed by atoms with E-state index in [0.29, 0.717) is 6.04 Å². The van der Waals surface area contributed by atoms with Crippen LogP contribution in [0.3, 0.4) is 0 Å². The molecule has 0 bridgehead atoms. The largest absolute Gasteiger partial charge is 0.354 e. The summed E-state index contributed by atoms with van der Waals surface area (Å²) in [6, 6.07) is 2.35. The Bertz CT molecular complexity index is 155. The summed E-state index contributed by atoms with van der Waals surface area (Å²) in [6.45, 7) is 2.98. The van der Waals surface area contributed by atoms with Gasteiger partial charge < -0.3 is 5.73 Å². The maximum atomic E-state index is 4.03. The first-order chi connectivity index (χ1) is 4.29. The normalized spacial score (nSPS) is 13.6. The molecule has 0 aromatic carbocycles. The van der Waals surface area contributed by atoms with Crippen LogP contribution >= 0.6 is 0 Å². The summed E-state index contributed by atoms with van der Waals surface area (Å²) < 4.78 is 1.89. The summed E-state index contributed by atoms with van der Waals surface area (Å²) in [5, 5.41) is 4.03. The van der Waals surface area contributed by atoms with Crippen molar-refractivity contribution in [2.24, 2.45) is 0 Å². The first-order valence-electron chi connectivity index (χ1n) is 3.09. The molecule has 0 unspecified atom stereocenters. The van der Waals surface area contributed by atoms with Crippen molar-refractivity contribution in [1.82, 2.24) is 9.78 Å². The molecule has 1 aromatic rings. The van der Waals surface area contributed by atoms with Crippen molar-refractivity contribution in [3.63, 3.8) is 0 Å². The third kappa shape index (κ3) is 1.85. The van der Waals surface area contributed by atoms with Crippen LogP contribution in [0.1, 0.15) is 6.92 Å². The van der Waals surface area contributed by atoms with Crippen molar-refractivity contribution in [1.29, 1.82) is 0 Å². The summed E-state index contributed by atoms with van der Waals surface area (Å²) in [6.07, 6.45) is 3.73. The molecule has 0 aliphatic rings. The molecule has 3 N–H and O–H groups in total. The van der Waals surface area contributed by atoms with E-state index in [9.17, 15) is 0 Å². The number of hydrogen-bond acceptors (Lipinski definition) is 1. The zero-order valence-electron chi connectivity index (χ0n) is 5.62. The average Bonchev–Trinajstić information content (AvgIpc) is 2.15. The molecule has 1 rings (SSSR count). The molecule has 0 amide bonds. The van der Waals surface area contributed by atoms with Crippen LogP contribution in [0.25, 0.3) is 0 Å². The summed E-state index contributed by atoms with van der Waals surface area (Å²) in [5.74, 6) is 0. The van der Waals surface area contributed by atoms with Gasteiger partial charge in [-0.2, -0.15) is 5.10 Å². The van der Waals surface area contributed by atoms with Crippen molar-refractivity contribution in [2.45, 2.75) is 19.5 Å². The monoisotopic (exact) mass is 126 g/mol. The second-order valence-corrected chi connectivity index (χ2v) is 2.33. The highest BCUT2D eigenvalue weighted by Gasteiger charge is 1.96. The van der Waals surface area contributed by atoms with Gasteiger partial charge >= 0.3 is 0 Å². The Hall–Kier alpha value is -0.830. The minimum Gasteiger partial charge on any atom is -0.354 e. The average molecular weight is 126 g/mol. The second kappa shape index (κ2) is 2.64. The van der Waals surface area contributed by atoms with Gasteiger partial charge in [0.25, 0.3) is 0 Å².